The number of fused-ring (bicyclic) bond motifs is 1. The van der Waals surface area contributed by atoms with Crippen LogP contribution in [0.1, 0.15) is 61.1 Å². The second-order valence-corrected chi connectivity index (χ2v) is 16.4. The van der Waals surface area contributed by atoms with E-state index in [9.17, 15) is 39.3 Å². The number of likely N-dealkylation sites (tertiary alicyclic amines) is 1. The first-order chi connectivity index (χ1) is 24.5. The van der Waals surface area contributed by atoms with E-state index in [4.69, 9.17) is 21.2 Å². The number of oxime groups is 1. The molecule has 3 aliphatic heterocycles. The van der Waals surface area contributed by atoms with Crippen molar-refractivity contribution < 1.29 is 53.3 Å². The van der Waals surface area contributed by atoms with E-state index >= 15 is 0 Å². The van der Waals surface area contributed by atoms with Gasteiger partial charge in [-0.25, -0.2) is 14.6 Å². The number of esters is 1. The van der Waals surface area contributed by atoms with Gasteiger partial charge in [-0.3, -0.25) is 19.3 Å². The number of aromatic hydroxyl groups is 2. The summed E-state index contributed by atoms with van der Waals surface area (Å²) in [5.41, 5.74) is -0.119. The third kappa shape index (κ3) is 8.70. The lowest BCUT2D eigenvalue weighted by molar-refractivity contribution is -0.911. The number of Topliss-reactive ketones (excluding diaryl/α,β-unsaturated/α-hetero) is 1. The number of carboxylic acids is 1. The zero-order chi connectivity index (χ0) is 38.0. The lowest BCUT2D eigenvalue weighted by atomic mass is 9.89. The molecule has 2 unspecified atom stereocenters. The predicted octanol–water partition coefficient (Wildman–Crippen LogP) is 3.45. The molecule has 2 saturated heterocycles. The smallest absolute Gasteiger partial charge is 0.352 e. The maximum Gasteiger partial charge on any atom is 0.352 e. The summed E-state index contributed by atoms with van der Waals surface area (Å²) in [5.74, 6) is -4.96. The minimum Gasteiger partial charge on any atom is -0.504 e. The molecule has 1 aromatic heterocycles. The van der Waals surface area contributed by atoms with Crippen LogP contribution in [0.25, 0.3) is 0 Å². The highest BCUT2D eigenvalue weighted by Crippen LogP contribution is 2.46. The number of aryl methyl sites for hydroxylation is 1. The molecule has 15 nitrogen and oxygen atoms in total. The molecule has 5 rings (SSSR count). The molecule has 0 spiro atoms. The number of carbonyl (C=O) groups is 5. The molecule has 3 aliphatic rings. The van der Waals surface area contributed by atoms with Crippen LogP contribution in [-0.2, 0) is 28.8 Å². The number of aliphatic carboxylic acids is 1. The van der Waals surface area contributed by atoms with Crippen molar-refractivity contribution in [1.29, 1.82) is 0 Å². The minimum absolute atomic E-state index is 0.00767. The van der Waals surface area contributed by atoms with E-state index in [1.807, 2.05) is 0 Å². The molecule has 280 valence electrons. The van der Waals surface area contributed by atoms with Crippen LogP contribution >= 0.6 is 34.7 Å². The Morgan fingerprint density at radius 2 is 1.88 bits per heavy atom. The molecule has 1 aromatic carbocycles. The molecule has 18 heteroatoms. The van der Waals surface area contributed by atoms with Crippen LogP contribution in [0, 0.1) is 12.8 Å². The number of aromatic nitrogens is 1. The first-order valence-electron chi connectivity index (χ1n) is 16.6. The molecule has 4 heterocycles. The lowest BCUT2D eigenvalue weighted by Crippen LogP contribution is -2.63. The van der Waals surface area contributed by atoms with E-state index < -0.39 is 64.5 Å². The van der Waals surface area contributed by atoms with Crippen LogP contribution in [0.15, 0.2) is 33.9 Å². The van der Waals surface area contributed by atoms with Gasteiger partial charge < -0.3 is 34.7 Å². The van der Waals surface area contributed by atoms with Crippen molar-refractivity contribution in [3.8, 4) is 11.5 Å². The summed E-state index contributed by atoms with van der Waals surface area (Å²) >= 11 is 8.74. The number of amides is 2. The largest absolute Gasteiger partial charge is 0.504 e. The highest BCUT2D eigenvalue weighted by molar-refractivity contribution is 8.00. The Bertz CT molecular complexity index is 1830. The number of carbonyl (C=O) groups excluding carboxylic acids is 4. The highest BCUT2D eigenvalue weighted by atomic mass is 35.5. The second-order valence-electron chi connectivity index (χ2n) is 13.9. The van der Waals surface area contributed by atoms with Gasteiger partial charge in [0.05, 0.1) is 53.1 Å². The first-order valence-corrected chi connectivity index (χ1v) is 18.9. The average molecular weight is 779 g/mol. The summed E-state index contributed by atoms with van der Waals surface area (Å²) in [6.07, 6.45) is 1.56. The van der Waals surface area contributed by atoms with Crippen LogP contribution in [0.3, 0.4) is 0 Å². The number of ether oxygens (including phenoxy) is 1. The molecule has 2 fully saturated rings. The predicted molar refractivity (Wildman–Crippen MR) is 192 cm³/mol. The quantitative estimate of drug-likeness (QED) is 0.0544. The van der Waals surface area contributed by atoms with Gasteiger partial charge in [0, 0.05) is 36.0 Å². The third-order valence-corrected chi connectivity index (χ3v) is 11.5. The van der Waals surface area contributed by atoms with Gasteiger partial charge in [0.1, 0.15) is 23.5 Å². The Morgan fingerprint density at radius 3 is 2.52 bits per heavy atom. The van der Waals surface area contributed by atoms with Crippen molar-refractivity contribution >= 4 is 69.9 Å². The molecule has 2 amide bonds. The molecule has 2 atom stereocenters. The Morgan fingerprint density at radius 1 is 1.17 bits per heavy atom. The van der Waals surface area contributed by atoms with E-state index in [0.29, 0.717) is 33.9 Å². The summed E-state index contributed by atoms with van der Waals surface area (Å²) in [6, 6.07) is 2.49. The first kappa shape index (κ1) is 39.0. The van der Waals surface area contributed by atoms with Crippen molar-refractivity contribution in [2.45, 2.75) is 57.9 Å². The number of β-lactam (4-membered cyclic amide) rings is 1. The highest BCUT2D eigenvalue weighted by Gasteiger charge is 2.55. The molecular weight excluding hydrogens is 738 g/mol. The lowest BCUT2D eigenvalue weighted by Gasteiger charge is -2.50. The number of carboxylic acid groups (broad SMARTS) is 1. The maximum atomic E-state index is 13.6. The Labute approximate surface area is 313 Å². The number of benzene rings is 1. The van der Waals surface area contributed by atoms with Gasteiger partial charge in [0.25, 0.3) is 5.91 Å². The standard InChI is InChI=1S/C34H40ClN5O10S2/c1-18-37-22(17-51-18)27(38-49-15-25(43)50-34(2,3)4)24(42)13-21-31(46)39-28(33(47)48)19(16-52-32(21)39)14-40(10-5-6-11-40)12-9-36-30(45)20-7-8-23(41)29(44)26(20)35/h7-8,17,21,32H,5-6,9-16H2,1-4H3,(H3-,36,38,41,42,44,45,47,48)/p+1. The summed E-state index contributed by atoms with van der Waals surface area (Å²) in [7, 11) is 0. The van der Waals surface area contributed by atoms with E-state index in [1.165, 1.54) is 40.1 Å². The van der Waals surface area contributed by atoms with Gasteiger partial charge in [0.15, 0.2) is 23.0 Å². The zero-order valence-corrected chi connectivity index (χ0v) is 31.5. The SMILES string of the molecule is Cc1nc(/C(=N/OCC(=O)OC(C)(C)C)C(=O)CC2C(=O)N3C(C(=O)O)=C(C[N+]4(CCNC(=O)c5ccc(O)c(O)c5Cl)CCCC4)CSC23)cs1. The molecule has 0 bridgehead atoms. The second kappa shape index (κ2) is 15.8. The van der Waals surface area contributed by atoms with Gasteiger partial charge in [-0.15, -0.1) is 23.1 Å². The molecule has 2 aromatic rings. The zero-order valence-electron chi connectivity index (χ0n) is 29.1. The molecule has 52 heavy (non-hydrogen) atoms. The molecule has 0 aliphatic carbocycles. The normalized spacial score (nSPS) is 19.9. The minimum atomic E-state index is -1.23. The van der Waals surface area contributed by atoms with Crippen LogP contribution in [0.5, 0.6) is 11.5 Å². The number of quaternary nitrogens is 1. The molecule has 0 saturated carbocycles. The number of hydrogen-bond donors (Lipinski definition) is 4. The van der Waals surface area contributed by atoms with Gasteiger partial charge in [0.2, 0.25) is 12.5 Å². The van der Waals surface area contributed by atoms with Crippen molar-refractivity contribution in [3.63, 3.8) is 0 Å². The Balaban J connectivity index is 1.27. The van der Waals surface area contributed by atoms with Crippen LogP contribution in [0.2, 0.25) is 5.02 Å². The number of nitrogens with one attached hydrogen (secondary N) is 1. The fraction of sp³-hybridized carbons (Fsp3) is 0.500. The van der Waals surface area contributed by atoms with Crippen LogP contribution in [-0.4, -0.2) is 121 Å². The maximum absolute atomic E-state index is 13.6. The molecule has 4 N–H and O–H groups in total. The summed E-state index contributed by atoms with van der Waals surface area (Å²) < 4.78 is 5.73. The third-order valence-electron chi connectivity index (χ3n) is 8.90. The fourth-order valence-electron chi connectivity index (χ4n) is 6.57. The monoisotopic (exact) mass is 778 g/mol. The van der Waals surface area contributed by atoms with Crippen LogP contribution in [0.4, 0.5) is 0 Å². The summed E-state index contributed by atoms with van der Waals surface area (Å²) in [5, 5.41) is 38.1. The van der Waals surface area contributed by atoms with Gasteiger partial charge >= 0.3 is 11.9 Å². The van der Waals surface area contributed by atoms with Crippen molar-refractivity contribution in [2.24, 2.45) is 11.1 Å². The van der Waals surface area contributed by atoms with Gasteiger partial charge in [-0.2, -0.15) is 0 Å². The number of rotatable bonds is 14. The number of nitrogens with zero attached hydrogens (tertiary/aromatic N) is 4. The number of halogens is 1. The van der Waals surface area contributed by atoms with Gasteiger partial charge in [-0.05, 0) is 39.8 Å². The van der Waals surface area contributed by atoms with E-state index in [0.717, 1.165) is 25.9 Å². The average Bonchev–Trinajstić information content (AvgIpc) is 3.72. The number of phenols is 2. The number of hydrogen-bond acceptors (Lipinski definition) is 13. The van der Waals surface area contributed by atoms with Gasteiger partial charge in [-0.1, -0.05) is 16.8 Å². The van der Waals surface area contributed by atoms with E-state index in [1.54, 1.807) is 33.1 Å². The van der Waals surface area contributed by atoms with Crippen LogP contribution < -0.4 is 5.32 Å². The number of thioether (sulfide) groups is 1. The number of thiazole rings is 1. The summed E-state index contributed by atoms with van der Waals surface area (Å²) in [6.45, 7) is 8.92. The topological polar surface area (TPSA) is 205 Å². The van der Waals surface area contributed by atoms with Crippen molar-refractivity contribution in [3.05, 3.63) is 50.1 Å². The Kier molecular flexibility index (Phi) is 11.9. The van der Waals surface area contributed by atoms with E-state index in [2.05, 4.69) is 15.5 Å². The van der Waals surface area contributed by atoms with Crippen molar-refractivity contribution in [1.82, 2.24) is 15.2 Å². The number of phenolic OH excluding ortho intramolecular Hbond substituents is 2. The molecule has 0 radical (unpaired) electrons. The fourth-order valence-corrected chi connectivity index (χ4v) is 8.82. The number of ketones is 1. The van der Waals surface area contributed by atoms with E-state index in [-0.39, 0.29) is 40.7 Å². The summed E-state index contributed by atoms with van der Waals surface area (Å²) in [4.78, 5) is 75.6. The Hall–Kier alpha value is -4.19. The van der Waals surface area contributed by atoms with Crippen molar-refractivity contribution in [2.75, 3.05) is 45.1 Å². The molecular formula is C34H41ClN5O10S2+.